The maximum Gasteiger partial charge on any atom is 0.187 e. The molecular formula is C32H48F2O3. The summed E-state index contributed by atoms with van der Waals surface area (Å²) in [5, 5.41) is 31.7. The Morgan fingerprint density at radius 2 is 1.59 bits per heavy atom. The minimum Gasteiger partial charge on any atom is -0.503 e. The molecule has 3 nitrogen and oxygen atoms in total. The Balaban J connectivity index is 1.29. The number of aryl methyl sites for hydroxylation is 1. The number of aliphatic hydroxyl groups is 2. The molecule has 0 amide bonds. The van der Waals surface area contributed by atoms with E-state index in [2.05, 4.69) is 27.7 Å². The molecule has 0 saturated heterocycles. The Bertz CT molecular complexity index is 960. The molecule has 5 heteroatoms. The molecule has 1 aromatic carbocycles. The number of phenols is 1. The quantitative estimate of drug-likeness (QED) is 0.372. The minimum atomic E-state index is -0.891. The lowest BCUT2D eigenvalue weighted by Gasteiger charge is -2.64. The van der Waals surface area contributed by atoms with E-state index in [0.717, 1.165) is 38.5 Å². The van der Waals surface area contributed by atoms with E-state index in [1.54, 1.807) is 0 Å². The van der Waals surface area contributed by atoms with Gasteiger partial charge in [0.15, 0.2) is 17.4 Å². The average Bonchev–Trinajstić information content (AvgIpc) is 3.21. The van der Waals surface area contributed by atoms with E-state index in [1.807, 2.05) is 0 Å². The standard InChI is InChI=1S/C32H48F2O3/c1-5-21-25-17-20(35)11-13-32(25,4)24-12-14-31(3)22(9-10-23(31)28(24)29(21)36)18(2)7-6-8-19-15-26(33)30(37)27(34)16-19/h15-16,18,20-25,28-29,35-37H,5-14,17H2,1-4H3/t18-,20-,21-,22-,23+,24+,25?,28?,29-,31-,32-/m1/s1. The van der Waals surface area contributed by atoms with Crippen LogP contribution in [-0.2, 0) is 6.42 Å². The van der Waals surface area contributed by atoms with Crippen LogP contribution >= 0.6 is 0 Å². The van der Waals surface area contributed by atoms with Gasteiger partial charge in [0.25, 0.3) is 0 Å². The fourth-order valence-corrected chi connectivity index (χ4v) is 10.5. The highest BCUT2D eigenvalue weighted by atomic mass is 19.1. The third-order valence-electron chi connectivity index (χ3n) is 12.4. The second-order valence-corrected chi connectivity index (χ2v) is 13.9. The maximum atomic E-state index is 13.8. The molecule has 4 aliphatic rings. The predicted molar refractivity (Wildman–Crippen MR) is 142 cm³/mol. The van der Waals surface area contributed by atoms with Crippen molar-refractivity contribution < 1.29 is 24.1 Å². The molecular weight excluding hydrogens is 470 g/mol. The number of fused-ring (bicyclic) bond motifs is 5. The number of hydrogen-bond donors (Lipinski definition) is 3. The normalized spacial score (nSPS) is 44.1. The summed E-state index contributed by atoms with van der Waals surface area (Å²) in [6.45, 7) is 9.57. The molecule has 4 aliphatic carbocycles. The molecule has 0 aliphatic heterocycles. The Morgan fingerprint density at radius 1 is 0.946 bits per heavy atom. The lowest BCUT2D eigenvalue weighted by Crippen LogP contribution is -2.62. The third-order valence-corrected chi connectivity index (χ3v) is 12.4. The molecule has 1 aromatic rings. The predicted octanol–water partition coefficient (Wildman–Crippen LogP) is 7.26. The van der Waals surface area contributed by atoms with Crippen molar-refractivity contribution in [2.24, 2.45) is 52.3 Å². The molecule has 208 valence electrons. The summed E-state index contributed by atoms with van der Waals surface area (Å²) in [6, 6.07) is 2.51. The first-order chi connectivity index (χ1) is 17.5. The highest BCUT2D eigenvalue weighted by Crippen LogP contribution is 2.69. The lowest BCUT2D eigenvalue weighted by molar-refractivity contribution is -0.203. The number of benzene rings is 1. The maximum absolute atomic E-state index is 13.8. The molecule has 5 rings (SSSR count). The number of aromatic hydroxyl groups is 1. The number of halogens is 2. The number of phenolic OH excluding ortho intramolecular Hbond substituents is 1. The zero-order valence-corrected chi connectivity index (χ0v) is 23.2. The summed E-state index contributed by atoms with van der Waals surface area (Å²) in [6.07, 6.45) is 10.6. The summed E-state index contributed by atoms with van der Waals surface area (Å²) in [5.74, 6) is 0.641. The van der Waals surface area contributed by atoms with Crippen molar-refractivity contribution >= 4 is 0 Å². The summed E-state index contributed by atoms with van der Waals surface area (Å²) < 4.78 is 27.5. The number of aliphatic hydroxyl groups excluding tert-OH is 2. The molecule has 0 spiro atoms. The van der Waals surface area contributed by atoms with Crippen molar-refractivity contribution in [3.8, 4) is 5.75 Å². The van der Waals surface area contributed by atoms with Crippen LogP contribution in [0.25, 0.3) is 0 Å². The van der Waals surface area contributed by atoms with Crippen LogP contribution in [0.4, 0.5) is 8.78 Å². The molecule has 37 heavy (non-hydrogen) atoms. The monoisotopic (exact) mass is 518 g/mol. The summed E-state index contributed by atoms with van der Waals surface area (Å²) in [7, 11) is 0. The van der Waals surface area contributed by atoms with E-state index >= 15 is 0 Å². The van der Waals surface area contributed by atoms with Crippen LogP contribution in [0.3, 0.4) is 0 Å². The summed E-state index contributed by atoms with van der Waals surface area (Å²) in [4.78, 5) is 0. The van der Waals surface area contributed by atoms with Gasteiger partial charge < -0.3 is 15.3 Å². The Hall–Kier alpha value is -1.20. The van der Waals surface area contributed by atoms with Crippen LogP contribution in [-0.4, -0.2) is 27.5 Å². The van der Waals surface area contributed by atoms with Crippen LogP contribution < -0.4 is 0 Å². The Kier molecular flexibility index (Phi) is 7.46. The molecule has 3 N–H and O–H groups in total. The van der Waals surface area contributed by atoms with Crippen molar-refractivity contribution in [2.75, 3.05) is 0 Å². The van der Waals surface area contributed by atoms with E-state index in [1.165, 1.54) is 37.8 Å². The van der Waals surface area contributed by atoms with Crippen LogP contribution in [0.1, 0.15) is 97.5 Å². The van der Waals surface area contributed by atoms with E-state index < -0.39 is 17.4 Å². The van der Waals surface area contributed by atoms with Gasteiger partial charge in [-0.25, -0.2) is 8.78 Å². The lowest BCUT2D eigenvalue weighted by atomic mass is 9.41. The van der Waals surface area contributed by atoms with Crippen molar-refractivity contribution in [3.05, 3.63) is 29.3 Å². The van der Waals surface area contributed by atoms with Gasteiger partial charge in [-0.15, -0.1) is 0 Å². The second kappa shape index (κ2) is 10.1. The largest absolute Gasteiger partial charge is 0.503 e. The number of rotatable bonds is 6. The van der Waals surface area contributed by atoms with E-state index in [9.17, 15) is 24.1 Å². The van der Waals surface area contributed by atoms with Crippen molar-refractivity contribution in [2.45, 2.75) is 111 Å². The van der Waals surface area contributed by atoms with E-state index in [0.29, 0.717) is 47.5 Å². The van der Waals surface area contributed by atoms with Crippen LogP contribution in [0.2, 0.25) is 0 Å². The summed E-state index contributed by atoms with van der Waals surface area (Å²) >= 11 is 0. The highest BCUT2D eigenvalue weighted by Gasteiger charge is 2.64. The molecule has 2 unspecified atom stereocenters. The first-order valence-corrected chi connectivity index (χ1v) is 15.0. The van der Waals surface area contributed by atoms with E-state index in [-0.39, 0.29) is 29.0 Å². The first-order valence-electron chi connectivity index (χ1n) is 15.0. The van der Waals surface area contributed by atoms with Gasteiger partial charge in [0.2, 0.25) is 0 Å². The molecule has 4 fully saturated rings. The Morgan fingerprint density at radius 3 is 2.27 bits per heavy atom. The minimum absolute atomic E-state index is 0.212. The molecule has 4 saturated carbocycles. The summed E-state index contributed by atoms with van der Waals surface area (Å²) in [5.41, 5.74) is 1.06. The van der Waals surface area contributed by atoms with Gasteiger partial charge in [0.05, 0.1) is 12.2 Å². The van der Waals surface area contributed by atoms with Crippen LogP contribution in [0, 0.1) is 63.9 Å². The van der Waals surface area contributed by atoms with Gasteiger partial charge in [-0.05, 0) is 128 Å². The van der Waals surface area contributed by atoms with Crippen LogP contribution in [0.15, 0.2) is 12.1 Å². The average molecular weight is 519 g/mol. The molecule has 11 atom stereocenters. The van der Waals surface area contributed by atoms with Gasteiger partial charge in [0.1, 0.15) is 0 Å². The fraction of sp³-hybridized carbons (Fsp3) is 0.812. The number of hydrogen-bond acceptors (Lipinski definition) is 3. The molecule has 0 radical (unpaired) electrons. The van der Waals surface area contributed by atoms with Gasteiger partial charge in [-0.3, -0.25) is 0 Å². The van der Waals surface area contributed by atoms with Gasteiger partial charge in [-0.2, -0.15) is 0 Å². The molecule has 0 heterocycles. The Labute approximate surface area is 222 Å². The fourth-order valence-electron chi connectivity index (χ4n) is 10.5. The molecule has 0 aromatic heterocycles. The van der Waals surface area contributed by atoms with Gasteiger partial charge >= 0.3 is 0 Å². The first kappa shape index (κ1) is 27.4. The second-order valence-electron chi connectivity index (χ2n) is 13.9. The van der Waals surface area contributed by atoms with Gasteiger partial charge in [-0.1, -0.05) is 40.5 Å². The molecule has 0 bridgehead atoms. The topological polar surface area (TPSA) is 60.7 Å². The van der Waals surface area contributed by atoms with Crippen LogP contribution in [0.5, 0.6) is 5.75 Å². The van der Waals surface area contributed by atoms with E-state index in [4.69, 9.17) is 0 Å². The van der Waals surface area contributed by atoms with Crippen molar-refractivity contribution in [3.63, 3.8) is 0 Å². The highest BCUT2D eigenvalue weighted by molar-refractivity contribution is 5.30. The SMILES string of the molecule is CC[C@@H]1C2C[C@H](O)CC[C@]2(C)[C@H]2CC[C@]3(C)[C@@H]([C@H](C)CCCc4cc(F)c(O)c(F)c4)CC[C@H]3C2[C@@H]1O. The van der Waals surface area contributed by atoms with Crippen molar-refractivity contribution in [1.29, 1.82) is 0 Å². The van der Waals surface area contributed by atoms with Crippen molar-refractivity contribution in [1.82, 2.24) is 0 Å². The third kappa shape index (κ3) is 4.44. The zero-order valence-electron chi connectivity index (χ0n) is 23.2. The van der Waals surface area contributed by atoms with Gasteiger partial charge in [0, 0.05) is 0 Å². The zero-order chi connectivity index (χ0) is 26.7. The smallest absolute Gasteiger partial charge is 0.187 e.